The van der Waals surface area contributed by atoms with E-state index < -0.39 is 0 Å². The summed E-state index contributed by atoms with van der Waals surface area (Å²) < 4.78 is 0. The van der Waals surface area contributed by atoms with Gasteiger partial charge in [0.25, 0.3) is 0 Å². The molecule has 0 saturated carbocycles. The third-order valence-electron chi connectivity index (χ3n) is 0.957. The summed E-state index contributed by atoms with van der Waals surface area (Å²) in [6.07, 6.45) is 7.65. The van der Waals surface area contributed by atoms with Gasteiger partial charge in [0.15, 0.2) is 0 Å². The summed E-state index contributed by atoms with van der Waals surface area (Å²) in [5.74, 6) is 0. The van der Waals surface area contributed by atoms with Gasteiger partial charge in [-0.05, 0) is 13.3 Å². The Labute approximate surface area is 83.5 Å². The Kier molecular flexibility index (Phi) is 16.0. The smallest absolute Gasteiger partial charge is 1.00 e. The molecule has 9 heavy (non-hydrogen) atoms. The molecule has 0 unspecified atom stereocenters. The van der Waals surface area contributed by atoms with Gasteiger partial charge in [0.2, 0.25) is 0 Å². The first-order valence-corrected chi connectivity index (χ1v) is 2.23. The van der Waals surface area contributed by atoms with Gasteiger partial charge < -0.3 is 24.8 Å². The van der Waals surface area contributed by atoms with Crippen LogP contribution >= 0.6 is 0 Å². The molecule has 0 heterocycles. The van der Waals surface area contributed by atoms with Crippen molar-refractivity contribution in [2.45, 2.75) is 13.3 Å². The average Bonchev–Trinajstić information content (AvgIpc) is 1.86. The molecule has 0 N–H and O–H groups in total. The van der Waals surface area contributed by atoms with Crippen LogP contribution in [0.3, 0.4) is 0 Å². The molecule has 1 rings (SSSR count). The van der Waals surface area contributed by atoms with E-state index in [9.17, 15) is 0 Å². The Morgan fingerprint density at radius 2 is 1.89 bits per heavy atom. The second-order valence-corrected chi connectivity index (χ2v) is 1.59. The summed E-state index contributed by atoms with van der Waals surface area (Å²) in [7, 11) is 0. The Hall–Kier alpha value is 0.774. The van der Waals surface area contributed by atoms with E-state index in [-0.39, 0.29) is 46.5 Å². The van der Waals surface area contributed by atoms with Crippen LogP contribution in [0.1, 0.15) is 13.3 Å². The van der Waals surface area contributed by atoms with Crippen LogP contribution in [0.25, 0.3) is 0 Å². The van der Waals surface area contributed by atoms with Gasteiger partial charge in [0.05, 0.1) is 0 Å². The molecular formula is C6H8Cl2Ti. The van der Waals surface area contributed by atoms with E-state index in [0.29, 0.717) is 0 Å². The third-order valence-corrected chi connectivity index (χ3v) is 0.957. The van der Waals surface area contributed by atoms with E-state index in [2.05, 4.69) is 25.2 Å². The van der Waals surface area contributed by atoms with E-state index in [1.54, 1.807) is 0 Å². The maximum atomic E-state index is 2.21. The quantitative estimate of drug-likeness (QED) is 0.348. The van der Waals surface area contributed by atoms with Gasteiger partial charge in [-0.15, -0.1) is 0 Å². The van der Waals surface area contributed by atoms with Crippen molar-refractivity contribution < 1.29 is 46.5 Å². The molecule has 3 heteroatoms. The topological polar surface area (TPSA) is 0 Å². The zero-order chi connectivity index (χ0) is 4.41. The second kappa shape index (κ2) is 8.77. The monoisotopic (exact) mass is 198 g/mol. The first kappa shape index (κ1) is 16.4. The van der Waals surface area contributed by atoms with Crippen molar-refractivity contribution in [1.29, 1.82) is 0 Å². The molecule has 0 aromatic heterocycles. The van der Waals surface area contributed by atoms with E-state index in [1.165, 1.54) is 5.57 Å². The first-order valence-electron chi connectivity index (χ1n) is 2.23. The molecule has 0 atom stereocenters. The molecule has 0 fully saturated rings. The average molecular weight is 199 g/mol. The normalized spacial score (nSPS) is 12.3. The zero-order valence-corrected chi connectivity index (χ0v) is 8.27. The van der Waals surface area contributed by atoms with Crippen LogP contribution in [0.4, 0.5) is 0 Å². The van der Waals surface area contributed by atoms with Gasteiger partial charge in [0, 0.05) is 0 Å². The number of halogens is 2. The predicted molar refractivity (Wildman–Crippen MR) is 27.5 cm³/mol. The van der Waals surface area contributed by atoms with Gasteiger partial charge in [-0.1, -0.05) is 23.8 Å². The maximum absolute atomic E-state index is 2.21. The van der Waals surface area contributed by atoms with Crippen molar-refractivity contribution in [2.75, 3.05) is 0 Å². The Balaban J connectivity index is -0.000000120. The molecule has 0 radical (unpaired) electrons. The maximum Gasteiger partial charge on any atom is 2.00 e. The van der Waals surface area contributed by atoms with Crippen LogP contribution < -0.4 is 24.8 Å². The largest absolute Gasteiger partial charge is 2.00 e. The van der Waals surface area contributed by atoms with Crippen molar-refractivity contribution >= 4 is 0 Å². The third kappa shape index (κ3) is 6.66. The molecule has 1 aliphatic carbocycles. The number of hydrogen-bond donors (Lipinski definition) is 0. The minimum absolute atomic E-state index is 0. The van der Waals surface area contributed by atoms with Gasteiger partial charge in [-0.2, -0.15) is 0 Å². The summed E-state index contributed by atoms with van der Waals surface area (Å²) >= 11 is 0. The molecule has 0 amide bonds. The van der Waals surface area contributed by atoms with Crippen molar-refractivity contribution in [3.8, 4) is 0 Å². The summed E-state index contributed by atoms with van der Waals surface area (Å²) in [6.45, 7) is 2.11. The fraction of sp³-hybridized carbons (Fsp3) is 0.333. The SMILES string of the molecule is CC1=CCC=C1.[Cl-].[Cl-].[Ti+2]. The first-order chi connectivity index (χ1) is 2.89. The number of allylic oxidation sites excluding steroid dienone is 4. The van der Waals surface area contributed by atoms with Gasteiger partial charge in [-0.3, -0.25) is 0 Å². The van der Waals surface area contributed by atoms with E-state index in [4.69, 9.17) is 0 Å². The second-order valence-electron chi connectivity index (χ2n) is 1.59. The minimum atomic E-state index is 0. The standard InChI is InChI=1S/C6H8.2ClH.Ti/c1-6-4-2-3-5-6;;;/h2,4-5H,3H2,1H3;2*1H;/q;;;+2/p-2. The van der Waals surface area contributed by atoms with Crippen molar-refractivity contribution in [3.63, 3.8) is 0 Å². The van der Waals surface area contributed by atoms with Crippen LogP contribution in [0.2, 0.25) is 0 Å². The van der Waals surface area contributed by atoms with E-state index in [0.717, 1.165) is 6.42 Å². The summed E-state index contributed by atoms with van der Waals surface area (Å²) in [4.78, 5) is 0. The van der Waals surface area contributed by atoms with Crippen LogP contribution in [0.15, 0.2) is 23.8 Å². The van der Waals surface area contributed by atoms with Crippen molar-refractivity contribution in [2.24, 2.45) is 0 Å². The van der Waals surface area contributed by atoms with Crippen LogP contribution in [-0.2, 0) is 21.7 Å². The van der Waals surface area contributed by atoms with E-state index >= 15 is 0 Å². The molecule has 0 nitrogen and oxygen atoms in total. The Morgan fingerprint density at radius 1 is 1.33 bits per heavy atom. The van der Waals surface area contributed by atoms with Crippen molar-refractivity contribution in [1.82, 2.24) is 0 Å². The fourth-order valence-corrected chi connectivity index (χ4v) is 0.576. The van der Waals surface area contributed by atoms with Crippen LogP contribution in [0, 0.1) is 0 Å². The molecule has 0 aromatic rings. The van der Waals surface area contributed by atoms with Crippen LogP contribution in [0.5, 0.6) is 0 Å². The van der Waals surface area contributed by atoms with Gasteiger partial charge >= 0.3 is 21.7 Å². The summed E-state index contributed by atoms with van der Waals surface area (Å²) in [6, 6.07) is 0. The fourth-order valence-electron chi connectivity index (χ4n) is 0.576. The molecule has 0 aromatic carbocycles. The number of rotatable bonds is 0. The van der Waals surface area contributed by atoms with E-state index in [1.807, 2.05) is 0 Å². The minimum Gasteiger partial charge on any atom is -1.00 e. The summed E-state index contributed by atoms with van der Waals surface area (Å²) in [5, 5.41) is 0. The summed E-state index contributed by atoms with van der Waals surface area (Å²) in [5.41, 5.74) is 1.40. The molecular weight excluding hydrogens is 191 g/mol. The Morgan fingerprint density at radius 3 is 2.00 bits per heavy atom. The number of hydrogen-bond acceptors (Lipinski definition) is 0. The van der Waals surface area contributed by atoms with Crippen molar-refractivity contribution in [3.05, 3.63) is 23.8 Å². The van der Waals surface area contributed by atoms with Gasteiger partial charge in [0.1, 0.15) is 0 Å². The Bertz CT molecular complexity index is 105. The van der Waals surface area contributed by atoms with Crippen LogP contribution in [-0.4, -0.2) is 0 Å². The molecule has 50 valence electrons. The molecule has 0 aliphatic heterocycles. The molecule has 1 aliphatic rings. The predicted octanol–water partition coefficient (Wildman–Crippen LogP) is -4.10. The van der Waals surface area contributed by atoms with Gasteiger partial charge in [-0.25, -0.2) is 0 Å². The zero-order valence-electron chi connectivity index (χ0n) is 5.20. The molecule has 0 bridgehead atoms. The molecule has 0 saturated heterocycles. The molecule has 0 spiro atoms.